The molecule has 0 unspecified atom stereocenters. The van der Waals surface area contributed by atoms with Crippen LogP contribution >= 0.6 is 11.6 Å². The van der Waals surface area contributed by atoms with Crippen molar-refractivity contribution in [3.8, 4) is 11.5 Å². The van der Waals surface area contributed by atoms with Gasteiger partial charge in [-0.2, -0.15) is 5.10 Å². The lowest BCUT2D eigenvalue weighted by atomic mass is 10.2. The fourth-order valence-corrected chi connectivity index (χ4v) is 2.16. The molecule has 3 rings (SSSR count). The van der Waals surface area contributed by atoms with Crippen molar-refractivity contribution < 1.29 is 10.2 Å². The topological polar surface area (TPSA) is 90.6 Å². The Morgan fingerprint density at radius 3 is 2.59 bits per heavy atom. The van der Waals surface area contributed by atoms with Gasteiger partial charge in [-0.15, -0.1) is 10.2 Å². The molecule has 0 radical (unpaired) electrons. The van der Waals surface area contributed by atoms with Gasteiger partial charge in [0.1, 0.15) is 11.5 Å². The summed E-state index contributed by atoms with van der Waals surface area (Å²) >= 11 is 6.00. The first-order valence-corrected chi connectivity index (χ1v) is 6.75. The molecule has 0 bridgehead atoms. The van der Waals surface area contributed by atoms with Gasteiger partial charge in [0.05, 0.1) is 6.21 Å². The maximum atomic E-state index is 9.67. The summed E-state index contributed by atoms with van der Waals surface area (Å²) in [6.45, 7) is 0. The number of nitrogens with one attached hydrogen (secondary N) is 1. The molecule has 0 saturated carbocycles. The van der Waals surface area contributed by atoms with Crippen molar-refractivity contribution in [1.82, 2.24) is 10.2 Å². The Bertz CT molecular complexity index is 867. The van der Waals surface area contributed by atoms with Gasteiger partial charge in [0.25, 0.3) is 0 Å². The third-order valence-corrected chi connectivity index (χ3v) is 3.31. The van der Waals surface area contributed by atoms with Gasteiger partial charge in [0.2, 0.25) is 0 Å². The zero-order valence-corrected chi connectivity index (χ0v) is 12.0. The summed E-state index contributed by atoms with van der Waals surface area (Å²) in [5, 5.41) is 32.6. The highest BCUT2D eigenvalue weighted by atomic mass is 35.5. The van der Waals surface area contributed by atoms with Crippen LogP contribution in [0.3, 0.4) is 0 Å². The smallest absolute Gasteiger partial charge is 0.176 e. The van der Waals surface area contributed by atoms with E-state index in [-0.39, 0.29) is 11.5 Å². The molecule has 0 spiro atoms. The van der Waals surface area contributed by atoms with Crippen LogP contribution in [0.2, 0.25) is 5.15 Å². The van der Waals surface area contributed by atoms with Crippen molar-refractivity contribution in [3.63, 3.8) is 0 Å². The van der Waals surface area contributed by atoms with Crippen molar-refractivity contribution >= 4 is 34.4 Å². The molecule has 0 aliphatic rings. The van der Waals surface area contributed by atoms with E-state index in [0.717, 1.165) is 10.8 Å². The van der Waals surface area contributed by atoms with E-state index in [1.54, 1.807) is 6.07 Å². The molecule has 110 valence electrons. The van der Waals surface area contributed by atoms with Crippen molar-refractivity contribution in [1.29, 1.82) is 0 Å². The lowest BCUT2D eigenvalue weighted by Crippen LogP contribution is -1.97. The molecule has 0 aliphatic carbocycles. The normalized spacial score (nSPS) is 11.1. The number of nitrogens with zero attached hydrogens (tertiary/aromatic N) is 3. The fraction of sp³-hybridized carbons (Fsp3) is 0. The molecule has 22 heavy (non-hydrogen) atoms. The van der Waals surface area contributed by atoms with Gasteiger partial charge in [-0.05, 0) is 12.1 Å². The highest BCUT2D eigenvalue weighted by Gasteiger charge is 2.06. The summed E-state index contributed by atoms with van der Waals surface area (Å²) in [6, 6.07) is 11.6. The number of phenolic OH excluding ortho intramolecular Hbond substituents is 2. The van der Waals surface area contributed by atoms with Crippen LogP contribution in [0.1, 0.15) is 5.56 Å². The molecule has 0 saturated heterocycles. The van der Waals surface area contributed by atoms with Crippen LogP contribution in [0.15, 0.2) is 47.6 Å². The lowest BCUT2D eigenvalue weighted by Gasteiger charge is -2.05. The Morgan fingerprint density at radius 2 is 1.82 bits per heavy atom. The van der Waals surface area contributed by atoms with Gasteiger partial charge < -0.3 is 10.2 Å². The van der Waals surface area contributed by atoms with E-state index in [2.05, 4.69) is 20.7 Å². The highest BCUT2D eigenvalue weighted by Crippen LogP contribution is 2.25. The van der Waals surface area contributed by atoms with Crippen molar-refractivity contribution in [3.05, 3.63) is 53.2 Å². The number of anilines is 1. The Balaban J connectivity index is 1.88. The summed E-state index contributed by atoms with van der Waals surface area (Å²) in [4.78, 5) is 0. The van der Waals surface area contributed by atoms with Gasteiger partial charge in [0, 0.05) is 22.4 Å². The maximum Gasteiger partial charge on any atom is 0.176 e. The van der Waals surface area contributed by atoms with E-state index >= 15 is 0 Å². The van der Waals surface area contributed by atoms with Crippen molar-refractivity contribution in [2.45, 2.75) is 0 Å². The number of hydrogen-bond acceptors (Lipinski definition) is 6. The van der Waals surface area contributed by atoms with E-state index in [4.69, 9.17) is 11.6 Å². The van der Waals surface area contributed by atoms with Gasteiger partial charge >= 0.3 is 0 Å². The van der Waals surface area contributed by atoms with E-state index in [0.29, 0.717) is 16.5 Å². The first-order valence-electron chi connectivity index (χ1n) is 6.37. The van der Waals surface area contributed by atoms with Crippen LogP contribution in [0, 0.1) is 0 Å². The standard InChI is InChI=1S/C15H11ClN4O2/c16-14-11-3-1-2-4-12(11)15(20-18-14)19-17-8-9-5-6-10(21)7-13(9)22/h1-8,21-22H,(H,19,20)/b17-8+. The number of aromatic hydroxyl groups is 2. The van der Waals surface area contributed by atoms with Crippen LogP contribution in [0.25, 0.3) is 10.8 Å². The molecular weight excluding hydrogens is 304 g/mol. The SMILES string of the molecule is Oc1ccc(/C=N/Nc2nnc(Cl)c3ccccc23)c(O)c1. The number of hydrazone groups is 1. The number of hydrogen-bond donors (Lipinski definition) is 3. The van der Waals surface area contributed by atoms with Gasteiger partial charge in [-0.3, -0.25) is 5.43 Å². The number of aromatic nitrogens is 2. The minimum absolute atomic E-state index is 0.0165. The number of halogens is 1. The predicted molar refractivity (Wildman–Crippen MR) is 85.5 cm³/mol. The molecule has 1 aromatic heterocycles. The van der Waals surface area contributed by atoms with Crippen LogP contribution < -0.4 is 5.43 Å². The first kappa shape index (κ1) is 14.1. The Kier molecular flexibility index (Phi) is 3.76. The zero-order valence-electron chi connectivity index (χ0n) is 11.2. The average Bonchev–Trinajstić information content (AvgIpc) is 2.52. The van der Waals surface area contributed by atoms with E-state index in [1.165, 1.54) is 18.3 Å². The second kappa shape index (κ2) is 5.87. The first-order chi connectivity index (χ1) is 10.6. The second-order valence-electron chi connectivity index (χ2n) is 4.50. The molecule has 6 nitrogen and oxygen atoms in total. The minimum atomic E-state index is -0.0717. The van der Waals surface area contributed by atoms with Crippen LogP contribution in [0.4, 0.5) is 5.82 Å². The Morgan fingerprint density at radius 1 is 1.05 bits per heavy atom. The molecule has 7 heteroatoms. The Hall–Kier alpha value is -2.86. The maximum absolute atomic E-state index is 9.67. The van der Waals surface area contributed by atoms with Crippen molar-refractivity contribution in [2.24, 2.45) is 5.10 Å². The fourth-order valence-electron chi connectivity index (χ4n) is 1.96. The van der Waals surface area contributed by atoms with Gasteiger partial charge in [-0.25, -0.2) is 0 Å². The highest BCUT2D eigenvalue weighted by molar-refractivity contribution is 6.34. The van der Waals surface area contributed by atoms with Crippen LogP contribution in [-0.2, 0) is 0 Å². The molecule has 1 heterocycles. The van der Waals surface area contributed by atoms with Crippen LogP contribution in [-0.4, -0.2) is 26.6 Å². The summed E-state index contributed by atoms with van der Waals surface area (Å²) in [5.74, 6) is 0.365. The third-order valence-electron chi connectivity index (χ3n) is 3.03. The monoisotopic (exact) mass is 314 g/mol. The zero-order chi connectivity index (χ0) is 15.5. The molecule has 0 fully saturated rings. The van der Waals surface area contributed by atoms with Crippen molar-refractivity contribution in [2.75, 3.05) is 5.43 Å². The number of benzene rings is 2. The summed E-state index contributed by atoms with van der Waals surface area (Å²) in [7, 11) is 0. The number of phenols is 2. The molecule has 2 aromatic carbocycles. The quantitative estimate of drug-likeness (QED) is 0.510. The lowest BCUT2D eigenvalue weighted by molar-refractivity contribution is 0.450. The number of rotatable bonds is 3. The van der Waals surface area contributed by atoms with E-state index in [9.17, 15) is 10.2 Å². The van der Waals surface area contributed by atoms with E-state index < -0.39 is 0 Å². The Labute approximate surface area is 130 Å². The van der Waals surface area contributed by atoms with Gasteiger partial charge in [0.15, 0.2) is 11.0 Å². The van der Waals surface area contributed by atoms with Gasteiger partial charge in [-0.1, -0.05) is 35.9 Å². The largest absolute Gasteiger partial charge is 0.508 e. The summed E-state index contributed by atoms with van der Waals surface area (Å²) in [5.41, 5.74) is 3.22. The molecular formula is C15H11ClN4O2. The second-order valence-corrected chi connectivity index (χ2v) is 4.86. The molecule has 0 aliphatic heterocycles. The molecule has 3 N–H and O–H groups in total. The predicted octanol–water partition coefficient (Wildman–Crippen LogP) is 3.14. The third kappa shape index (κ3) is 2.77. The van der Waals surface area contributed by atoms with Crippen LogP contribution in [0.5, 0.6) is 11.5 Å². The molecule has 3 aromatic rings. The van der Waals surface area contributed by atoms with E-state index in [1.807, 2.05) is 24.3 Å². The molecule has 0 amide bonds. The summed E-state index contributed by atoms with van der Waals surface area (Å²) in [6.07, 6.45) is 1.42. The molecule has 0 atom stereocenters. The minimum Gasteiger partial charge on any atom is -0.508 e. The summed E-state index contributed by atoms with van der Waals surface area (Å²) < 4.78 is 0. The number of fused-ring (bicyclic) bond motifs is 1. The average molecular weight is 315 g/mol.